The molecule has 0 unspecified atom stereocenters. The Morgan fingerprint density at radius 3 is 2.38 bits per heavy atom. The summed E-state index contributed by atoms with van der Waals surface area (Å²) in [6.07, 6.45) is 7.69. The summed E-state index contributed by atoms with van der Waals surface area (Å²) in [4.78, 5) is 59.3. The lowest BCUT2D eigenvalue weighted by Crippen LogP contribution is -2.53. The van der Waals surface area contributed by atoms with E-state index >= 15 is 0 Å². The van der Waals surface area contributed by atoms with Gasteiger partial charge in [-0.05, 0) is 49.8 Å². The van der Waals surface area contributed by atoms with Crippen molar-refractivity contribution in [2.24, 2.45) is 18.9 Å². The summed E-state index contributed by atoms with van der Waals surface area (Å²) in [7, 11) is 3.22. The van der Waals surface area contributed by atoms with Gasteiger partial charge in [-0.2, -0.15) is 0 Å². The van der Waals surface area contributed by atoms with E-state index in [2.05, 4.69) is 4.98 Å². The summed E-state index contributed by atoms with van der Waals surface area (Å²) in [6, 6.07) is 5.01. The van der Waals surface area contributed by atoms with Crippen molar-refractivity contribution in [1.29, 1.82) is 0 Å². The highest BCUT2D eigenvalue weighted by molar-refractivity contribution is 5.81. The number of ether oxygens (including phenoxy) is 1. The second-order valence-corrected chi connectivity index (χ2v) is 9.92. The summed E-state index contributed by atoms with van der Waals surface area (Å²) < 4.78 is 9.54. The summed E-state index contributed by atoms with van der Waals surface area (Å²) in [5, 5.41) is 0.455. The molecule has 2 aliphatic rings. The van der Waals surface area contributed by atoms with E-state index in [9.17, 15) is 19.2 Å². The Morgan fingerprint density at radius 2 is 1.73 bits per heavy atom. The molecule has 1 aliphatic carbocycles. The molecule has 2 amide bonds. The van der Waals surface area contributed by atoms with E-state index in [1.807, 2.05) is 4.90 Å². The maximum Gasteiger partial charge on any atom is 0.331 e. The Balaban J connectivity index is 1.19. The van der Waals surface area contributed by atoms with E-state index in [1.165, 1.54) is 20.0 Å². The van der Waals surface area contributed by atoms with Crippen LogP contribution in [-0.4, -0.2) is 73.7 Å². The number of hydrogen-bond acceptors (Lipinski definition) is 6. The van der Waals surface area contributed by atoms with Gasteiger partial charge in [-0.3, -0.25) is 23.3 Å². The molecule has 0 N–H and O–H groups in total. The van der Waals surface area contributed by atoms with Crippen LogP contribution < -0.4 is 16.0 Å². The number of carbonyl (C=O) groups excluding carboxylic acids is 2. The second-order valence-electron chi connectivity index (χ2n) is 9.92. The quantitative estimate of drug-likeness (QED) is 0.528. The van der Waals surface area contributed by atoms with Crippen molar-refractivity contribution in [1.82, 2.24) is 28.5 Å². The van der Waals surface area contributed by atoms with Crippen LogP contribution in [0.1, 0.15) is 25.7 Å². The molecule has 2 fully saturated rings. The minimum atomic E-state index is -0.330. The molecule has 0 bridgehead atoms. The van der Waals surface area contributed by atoms with Crippen LogP contribution in [0, 0.1) is 11.8 Å². The van der Waals surface area contributed by atoms with Crippen molar-refractivity contribution in [3.05, 3.63) is 57.8 Å². The Bertz CT molecular complexity index is 1410. The first kappa shape index (κ1) is 24.8. The van der Waals surface area contributed by atoms with Crippen LogP contribution >= 0.6 is 0 Å². The number of carbonyl (C=O) groups is 2. The topological polar surface area (TPSA) is 112 Å². The van der Waals surface area contributed by atoms with Crippen LogP contribution in [0.5, 0.6) is 5.75 Å². The normalized spacial score (nSPS) is 20.3. The average Bonchev–Trinajstić information content (AvgIpc) is 3.49. The van der Waals surface area contributed by atoms with Crippen molar-refractivity contribution in [2.75, 3.05) is 33.3 Å². The molecular formula is C26H32N6O5. The fraction of sp³-hybridized carbons (Fsp3) is 0.500. The summed E-state index contributed by atoms with van der Waals surface area (Å²) in [5.74, 6) is 0.800. The Morgan fingerprint density at radius 1 is 1.03 bits per heavy atom. The number of nitrogens with zero attached hydrogens (tertiary/aromatic N) is 6. The molecule has 0 radical (unpaired) electrons. The zero-order valence-corrected chi connectivity index (χ0v) is 21.2. The maximum atomic E-state index is 13.2. The number of fused-ring (bicyclic) bond motifs is 1. The second kappa shape index (κ2) is 10.2. The number of benzene rings is 1. The van der Waals surface area contributed by atoms with Gasteiger partial charge in [0.25, 0.3) is 5.56 Å². The maximum absolute atomic E-state index is 13.2. The monoisotopic (exact) mass is 508 g/mol. The third kappa shape index (κ3) is 4.77. The predicted molar refractivity (Wildman–Crippen MR) is 137 cm³/mol. The minimum Gasteiger partial charge on any atom is -0.497 e. The highest BCUT2D eigenvalue weighted by Crippen LogP contribution is 2.31. The highest BCUT2D eigenvalue weighted by atomic mass is 16.5. The number of rotatable bonds is 4. The molecule has 2 aromatic heterocycles. The van der Waals surface area contributed by atoms with Gasteiger partial charge < -0.3 is 14.5 Å². The average molecular weight is 509 g/mol. The van der Waals surface area contributed by atoms with E-state index < -0.39 is 0 Å². The molecule has 1 saturated carbocycles. The van der Waals surface area contributed by atoms with Crippen LogP contribution in [-0.2, 0) is 18.4 Å². The molecule has 5 rings (SSSR count). The third-order valence-corrected chi connectivity index (χ3v) is 7.78. The van der Waals surface area contributed by atoms with Crippen LogP contribution in [0.2, 0.25) is 0 Å². The highest BCUT2D eigenvalue weighted by Gasteiger charge is 2.32. The van der Waals surface area contributed by atoms with E-state index in [-0.39, 0.29) is 35.0 Å². The fourth-order valence-corrected chi connectivity index (χ4v) is 5.55. The smallest absolute Gasteiger partial charge is 0.331 e. The first-order chi connectivity index (χ1) is 17.9. The van der Waals surface area contributed by atoms with Crippen LogP contribution in [0.25, 0.3) is 10.9 Å². The lowest BCUT2D eigenvalue weighted by atomic mass is 9.81. The summed E-state index contributed by atoms with van der Waals surface area (Å²) in [5.41, 5.74) is -0.0598. The number of aromatic nitrogens is 4. The first-order valence-corrected chi connectivity index (χ1v) is 12.7. The number of methoxy groups -OCH3 is 1. The number of piperazine rings is 1. The SMILES string of the molecule is COc1ccc2c(c1)c(=O)n(CC1CCC(C(=O)N3CCN(C(=O)n4ccnc4)CC3)CC1)c(=O)n2C. The van der Waals surface area contributed by atoms with Gasteiger partial charge in [0.2, 0.25) is 5.91 Å². The Labute approximate surface area is 213 Å². The van der Waals surface area contributed by atoms with Crippen molar-refractivity contribution in [2.45, 2.75) is 32.2 Å². The van der Waals surface area contributed by atoms with E-state index in [0.29, 0.717) is 49.4 Å². The molecule has 196 valence electrons. The molecule has 3 heterocycles. The molecular weight excluding hydrogens is 476 g/mol. The third-order valence-electron chi connectivity index (χ3n) is 7.78. The number of aryl methyl sites for hydroxylation is 1. The molecule has 37 heavy (non-hydrogen) atoms. The van der Waals surface area contributed by atoms with E-state index in [1.54, 1.807) is 49.7 Å². The Kier molecular flexibility index (Phi) is 6.86. The number of imidazole rings is 1. The van der Waals surface area contributed by atoms with Crippen LogP contribution in [0.3, 0.4) is 0 Å². The van der Waals surface area contributed by atoms with Crippen molar-refractivity contribution in [3.63, 3.8) is 0 Å². The van der Waals surface area contributed by atoms with Gasteiger partial charge >= 0.3 is 11.7 Å². The standard InChI is InChI=1S/C26H32N6O5/c1-28-22-8-7-20(37-2)15-21(22)24(34)32(25(28)35)16-18-3-5-19(6-4-18)23(33)29-11-13-30(14-12-29)26(36)31-10-9-27-17-31/h7-10,15,17-19H,3-6,11-14,16H2,1-2H3. The summed E-state index contributed by atoms with van der Waals surface area (Å²) in [6.45, 7) is 2.37. The largest absolute Gasteiger partial charge is 0.497 e. The predicted octanol–water partition coefficient (Wildman–Crippen LogP) is 1.52. The molecule has 0 atom stereocenters. The van der Waals surface area contributed by atoms with Gasteiger partial charge in [0.1, 0.15) is 12.1 Å². The fourth-order valence-electron chi connectivity index (χ4n) is 5.55. The molecule has 1 aromatic carbocycles. The van der Waals surface area contributed by atoms with Crippen molar-refractivity contribution < 1.29 is 14.3 Å². The van der Waals surface area contributed by atoms with Gasteiger partial charge in [0.05, 0.1) is 18.0 Å². The van der Waals surface area contributed by atoms with Crippen molar-refractivity contribution >= 4 is 22.8 Å². The molecule has 11 nitrogen and oxygen atoms in total. The zero-order valence-electron chi connectivity index (χ0n) is 21.2. The zero-order chi connectivity index (χ0) is 26.1. The minimum absolute atomic E-state index is 0.0624. The van der Waals surface area contributed by atoms with Gasteiger partial charge in [0.15, 0.2) is 0 Å². The van der Waals surface area contributed by atoms with Gasteiger partial charge in [-0.1, -0.05) is 0 Å². The number of amides is 2. The first-order valence-electron chi connectivity index (χ1n) is 12.7. The van der Waals surface area contributed by atoms with Crippen molar-refractivity contribution in [3.8, 4) is 5.75 Å². The lowest BCUT2D eigenvalue weighted by Gasteiger charge is -2.37. The molecule has 11 heteroatoms. The molecule has 3 aromatic rings. The van der Waals surface area contributed by atoms with Gasteiger partial charge in [-0.25, -0.2) is 14.6 Å². The molecule has 0 spiro atoms. The number of hydrogen-bond donors (Lipinski definition) is 0. The molecule has 1 aliphatic heterocycles. The van der Waals surface area contributed by atoms with Crippen LogP contribution in [0.4, 0.5) is 4.79 Å². The van der Waals surface area contributed by atoms with Gasteiger partial charge in [-0.15, -0.1) is 0 Å². The molecule has 1 saturated heterocycles. The van der Waals surface area contributed by atoms with E-state index in [4.69, 9.17) is 4.74 Å². The van der Waals surface area contributed by atoms with Crippen LogP contribution in [0.15, 0.2) is 46.5 Å². The Hall–Kier alpha value is -3.89. The van der Waals surface area contributed by atoms with Gasteiger partial charge in [0, 0.05) is 58.1 Å². The lowest BCUT2D eigenvalue weighted by molar-refractivity contribution is -0.138. The van der Waals surface area contributed by atoms with E-state index in [0.717, 1.165) is 25.7 Å². The summed E-state index contributed by atoms with van der Waals surface area (Å²) >= 11 is 0.